The fraction of sp³-hybridized carbons (Fsp3) is 0.444. The Kier molecular flexibility index (Phi) is 3.35. The van der Waals surface area contributed by atoms with Gasteiger partial charge in [0.25, 0.3) is 0 Å². The molecule has 2 atom stereocenters. The molecule has 0 spiro atoms. The van der Waals surface area contributed by atoms with Gasteiger partial charge in [0.1, 0.15) is 0 Å². The molecule has 0 aromatic heterocycles. The number of allylic oxidation sites excluding steroid dienone is 4. The molecule has 2 unspecified atom stereocenters. The first-order valence-electron chi connectivity index (χ1n) is 3.79. The molecular weight excluding hydrogens is 284 g/mol. The Hall–Kier alpha value is 0.170. The van der Waals surface area contributed by atoms with Crippen molar-refractivity contribution in [2.75, 3.05) is 0 Å². The van der Waals surface area contributed by atoms with Crippen molar-refractivity contribution in [2.45, 2.75) is 16.2 Å². The smallest absolute Gasteiger partial charge is 0.0994 e. The molecule has 12 heavy (non-hydrogen) atoms. The second kappa shape index (κ2) is 3.92. The van der Waals surface area contributed by atoms with E-state index in [1.165, 1.54) is 6.21 Å². The van der Waals surface area contributed by atoms with Crippen LogP contribution >= 0.6 is 34.2 Å². The van der Waals surface area contributed by atoms with Crippen molar-refractivity contribution < 1.29 is 0 Å². The minimum atomic E-state index is -0.239. The molecule has 1 rings (SSSR count). The van der Waals surface area contributed by atoms with Gasteiger partial charge in [0, 0.05) is 12.1 Å². The van der Waals surface area contributed by atoms with Crippen LogP contribution in [0.5, 0.6) is 0 Å². The molecule has 0 bridgehead atoms. The van der Waals surface area contributed by atoms with Crippen LogP contribution in [0.2, 0.25) is 0 Å². The molecule has 1 aliphatic carbocycles. The van der Waals surface area contributed by atoms with Crippen LogP contribution < -0.4 is 0 Å². The number of alkyl halides is 2. The van der Waals surface area contributed by atoms with Gasteiger partial charge in [-0.1, -0.05) is 40.8 Å². The van der Waals surface area contributed by atoms with Crippen molar-refractivity contribution in [3.05, 3.63) is 23.8 Å². The maximum absolute atomic E-state index is 7.12. The summed E-state index contributed by atoms with van der Waals surface area (Å²) in [5.41, 5.74) is 1.05. The molecule has 66 valence electrons. The van der Waals surface area contributed by atoms with Crippen LogP contribution in [-0.2, 0) is 0 Å². The quantitative estimate of drug-likeness (QED) is 0.458. The molecule has 0 aromatic carbocycles. The zero-order valence-corrected chi connectivity index (χ0v) is 9.76. The van der Waals surface area contributed by atoms with E-state index in [-0.39, 0.29) is 2.88 Å². The third-order valence-corrected chi connectivity index (χ3v) is 3.03. The maximum Gasteiger partial charge on any atom is 0.0994 e. The predicted molar refractivity (Wildman–Crippen MR) is 62.4 cm³/mol. The second-order valence-corrected chi connectivity index (χ2v) is 6.70. The molecular formula is C9H11ClIN. The van der Waals surface area contributed by atoms with Crippen molar-refractivity contribution in [3.8, 4) is 0 Å². The van der Waals surface area contributed by atoms with Crippen LogP contribution in [0.15, 0.2) is 23.8 Å². The van der Waals surface area contributed by atoms with Gasteiger partial charge in [-0.15, -0.1) is 11.6 Å². The first kappa shape index (κ1) is 10.3. The van der Waals surface area contributed by atoms with Crippen molar-refractivity contribution >= 4 is 40.4 Å². The van der Waals surface area contributed by atoms with Gasteiger partial charge in [-0.2, -0.15) is 0 Å². The summed E-state index contributed by atoms with van der Waals surface area (Å²) in [6, 6.07) is 0. The van der Waals surface area contributed by atoms with E-state index in [9.17, 15) is 0 Å². The first-order valence-corrected chi connectivity index (χ1v) is 5.25. The SMILES string of the molecule is CC(Cl)(I)C1C=CC=C(C=N)C1. The number of rotatable bonds is 2. The highest BCUT2D eigenvalue weighted by Crippen LogP contribution is 2.38. The molecule has 0 fully saturated rings. The third kappa shape index (κ3) is 2.59. The molecule has 1 nitrogen and oxygen atoms in total. The van der Waals surface area contributed by atoms with Crippen LogP contribution in [0.1, 0.15) is 13.3 Å². The van der Waals surface area contributed by atoms with Gasteiger partial charge in [0.05, 0.1) is 2.88 Å². The average molecular weight is 296 g/mol. The van der Waals surface area contributed by atoms with E-state index in [1.807, 2.05) is 19.1 Å². The molecule has 0 radical (unpaired) electrons. The van der Waals surface area contributed by atoms with E-state index in [0.29, 0.717) is 5.92 Å². The highest BCUT2D eigenvalue weighted by Gasteiger charge is 2.28. The maximum atomic E-state index is 7.12. The van der Waals surface area contributed by atoms with E-state index in [1.54, 1.807) is 0 Å². The standard InChI is InChI=1S/C9H11ClIN/c1-9(10,11)8-4-2-3-7(5-8)6-12/h2-4,6,8,12H,5H2,1H3. The highest BCUT2D eigenvalue weighted by molar-refractivity contribution is 14.1. The van der Waals surface area contributed by atoms with Crippen molar-refractivity contribution in [3.63, 3.8) is 0 Å². The number of nitrogens with one attached hydrogen (secondary N) is 1. The molecule has 0 aliphatic heterocycles. The summed E-state index contributed by atoms with van der Waals surface area (Å²) in [7, 11) is 0. The van der Waals surface area contributed by atoms with Gasteiger partial charge in [0.15, 0.2) is 0 Å². The van der Waals surface area contributed by atoms with E-state index in [4.69, 9.17) is 17.0 Å². The normalized spacial score (nSPS) is 27.6. The summed E-state index contributed by atoms with van der Waals surface area (Å²) < 4.78 is -0.239. The van der Waals surface area contributed by atoms with E-state index in [0.717, 1.165) is 12.0 Å². The summed E-state index contributed by atoms with van der Waals surface area (Å²) in [6.45, 7) is 2.00. The van der Waals surface area contributed by atoms with E-state index >= 15 is 0 Å². The molecule has 3 heteroatoms. The van der Waals surface area contributed by atoms with Gasteiger partial charge < -0.3 is 5.41 Å². The van der Waals surface area contributed by atoms with Crippen molar-refractivity contribution in [2.24, 2.45) is 5.92 Å². The molecule has 1 N–H and O–H groups in total. The number of hydrogen-bond donors (Lipinski definition) is 1. The molecule has 0 aromatic rings. The summed E-state index contributed by atoms with van der Waals surface area (Å²) in [5.74, 6) is 0.335. The average Bonchev–Trinajstić information content (AvgIpc) is 2.03. The highest BCUT2D eigenvalue weighted by atomic mass is 127. The van der Waals surface area contributed by atoms with E-state index in [2.05, 4.69) is 28.7 Å². The fourth-order valence-corrected chi connectivity index (χ4v) is 1.74. The van der Waals surface area contributed by atoms with Crippen molar-refractivity contribution in [1.82, 2.24) is 0 Å². The van der Waals surface area contributed by atoms with Gasteiger partial charge in [-0.05, 0) is 18.9 Å². The van der Waals surface area contributed by atoms with Gasteiger partial charge in [-0.3, -0.25) is 0 Å². The minimum Gasteiger partial charge on any atom is -0.308 e. The van der Waals surface area contributed by atoms with Gasteiger partial charge >= 0.3 is 0 Å². The summed E-state index contributed by atoms with van der Waals surface area (Å²) in [6.07, 6.45) is 8.32. The Bertz CT molecular complexity index is 237. The Balaban J connectivity index is 2.72. The zero-order chi connectivity index (χ0) is 9.19. The molecule has 0 saturated carbocycles. The molecule has 0 amide bonds. The predicted octanol–water partition coefficient (Wildman–Crippen LogP) is 3.53. The topological polar surface area (TPSA) is 23.9 Å². The van der Waals surface area contributed by atoms with Crippen molar-refractivity contribution in [1.29, 1.82) is 5.41 Å². The van der Waals surface area contributed by atoms with Crippen LogP contribution in [0.4, 0.5) is 0 Å². The first-order chi connectivity index (χ1) is 5.54. The number of halogens is 2. The lowest BCUT2D eigenvalue weighted by Gasteiger charge is -2.25. The lowest BCUT2D eigenvalue weighted by Crippen LogP contribution is -2.21. The summed E-state index contributed by atoms with van der Waals surface area (Å²) >= 11 is 8.40. The molecule has 0 saturated heterocycles. The lowest BCUT2D eigenvalue weighted by molar-refractivity contribution is 0.616. The molecule has 0 heterocycles. The Labute approximate surface area is 91.5 Å². The lowest BCUT2D eigenvalue weighted by atomic mass is 9.92. The monoisotopic (exact) mass is 295 g/mol. The van der Waals surface area contributed by atoms with Crippen LogP contribution in [0.3, 0.4) is 0 Å². The fourth-order valence-electron chi connectivity index (χ4n) is 1.16. The second-order valence-electron chi connectivity index (χ2n) is 3.04. The minimum absolute atomic E-state index is 0.239. The van der Waals surface area contributed by atoms with Gasteiger partial charge in [-0.25, -0.2) is 0 Å². The zero-order valence-electron chi connectivity index (χ0n) is 6.85. The third-order valence-electron chi connectivity index (χ3n) is 1.95. The van der Waals surface area contributed by atoms with Crippen LogP contribution in [-0.4, -0.2) is 9.10 Å². The number of hydrogen-bond acceptors (Lipinski definition) is 1. The Morgan fingerprint density at radius 2 is 2.50 bits per heavy atom. The van der Waals surface area contributed by atoms with Crippen LogP contribution in [0, 0.1) is 11.3 Å². The van der Waals surface area contributed by atoms with E-state index < -0.39 is 0 Å². The van der Waals surface area contributed by atoms with Crippen LogP contribution in [0.25, 0.3) is 0 Å². The van der Waals surface area contributed by atoms with Gasteiger partial charge in [0.2, 0.25) is 0 Å². The Morgan fingerprint density at radius 3 is 3.00 bits per heavy atom. The molecule has 1 aliphatic rings. The largest absolute Gasteiger partial charge is 0.308 e. The Morgan fingerprint density at radius 1 is 1.83 bits per heavy atom. The summed E-state index contributed by atoms with van der Waals surface area (Å²) in [5, 5.41) is 7.12. The summed E-state index contributed by atoms with van der Waals surface area (Å²) in [4.78, 5) is 0.